The molecular weight excluding hydrogens is 194 g/mol. The summed E-state index contributed by atoms with van der Waals surface area (Å²) in [6.07, 6.45) is 8.85. The molecule has 1 unspecified atom stereocenters. The average Bonchev–Trinajstić information content (AvgIpc) is 2.57. The van der Waals surface area contributed by atoms with Crippen LogP contribution in [0.3, 0.4) is 0 Å². The highest BCUT2D eigenvalue weighted by atomic mass is 15.1. The number of likely N-dealkylation sites (tertiary alicyclic amines) is 1. The van der Waals surface area contributed by atoms with Crippen LogP contribution in [-0.2, 0) is 0 Å². The van der Waals surface area contributed by atoms with Crippen molar-refractivity contribution in [2.75, 3.05) is 20.1 Å². The predicted octanol–water partition coefficient (Wildman–Crippen LogP) is 3.02. The largest absolute Gasteiger partial charge is 0.305 e. The summed E-state index contributed by atoms with van der Waals surface area (Å²) in [6, 6.07) is 0. The molecule has 0 aromatic heterocycles. The van der Waals surface area contributed by atoms with E-state index in [1.54, 1.807) is 6.08 Å². The summed E-state index contributed by atoms with van der Waals surface area (Å²) in [5, 5.41) is 0. The molecule has 0 spiro atoms. The molecule has 1 heterocycles. The SMILES string of the molecule is C=C/C=C\C=C(/C)C#CC1(C)CCN(C)C1. The molecule has 1 aliphatic rings. The Labute approximate surface area is 99.5 Å². The van der Waals surface area contributed by atoms with Gasteiger partial charge in [-0.1, -0.05) is 42.7 Å². The number of hydrogen-bond acceptors (Lipinski definition) is 1. The van der Waals surface area contributed by atoms with Crippen LogP contribution in [0.4, 0.5) is 0 Å². The zero-order valence-corrected chi connectivity index (χ0v) is 10.6. The van der Waals surface area contributed by atoms with Crippen LogP contribution in [-0.4, -0.2) is 25.0 Å². The molecule has 0 radical (unpaired) electrons. The fourth-order valence-electron chi connectivity index (χ4n) is 1.86. The quantitative estimate of drug-likeness (QED) is 0.505. The van der Waals surface area contributed by atoms with E-state index in [4.69, 9.17) is 0 Å². The second-order valence-corrected chi connectivity index (χ2v) is 4.77. The van der Waals surface area contributed by atoms with Crippen LogP contribution in [0, 0.1) is 17.3 Å². The van der Waals surface area contributed by atoms with Crippen LogP contribution in [0.2, 0.25) is 0 Å². The number of rotatable bonds is 2. The van der Waals surface area contributed by atoms with Gasteiger partial charge in [0.1, 0.15) is 0 Å². The van der Waals surface area contributed by atoms with E-state index in [-0.39, 0.29) is 5.41 Å². The van der Waals surface area contributed by atoms with E-state index in [0.717, 1.165) is 18.7 Å². The molecule has 86 valence electrons. The van der Waals surface area contributed by atoms with Crippen molar-refractivity contribution in [3.05, 3.63) is 36.5 Å². The molecule has 0 aromatic rings. The average molecular weight is 215 g/mol. The Hall–Kier alpha value is -1.26. The van der Waals surface area contributed by atoms with Gasteiger partial charge in [-0.25, -0.2) is 0 Å². The molecule has 1 rings (SSSR count). The van der Waals surface area contributed by atoms with Crippen molar-refractivity contribution in [3.63, 3.8) is 0 Å². The lowest BCUT2D eigenvalue weighted by Crippen LogP contribution is -2.20. The summed E-state index contributed by atoms with van der Waals surface area (Å²) in [5.41, 5.74) is 1.28. The van der Waals surface area contributed by atoms with Gasteiger partial charge < -0.3 is 4.90 Å². The minimum absolute atomic E-state index is 0.173. The Morgan fingerprint density at radius 2 is 2.19 bits per heavy atom. The van der Waals surface area contributed by atoms with Crippen molar-refractivity contribution in [1.82, 2.24) is 4.90 Å². The van der Waals surface area contributed by atoms with Crippen LogP contribution >= 0.6 is 0 Å². The van der Waals surface area contributed by atoms with Crippen LogP contribution in [0.1, 0.15) is 20.3 Å². The van der Waals surface area contributed by atoms with E-state index in [1.807, 2.05) is 25.2 Å². The molecule has 1 heteroatoms. The topological polar surface area (TPSA) is 3.24 Å². The Bertz CT molecular complexity index is 365. The summed E-state index contributed by atoms with van der Waals surface area (Å²) in [6.45, 7) is 10.2. The first-order valence-electron chi connectivity index (χ1n) is 5.73. The summed E-state index contributed by atoms with van der Waals surface area (Å²) in [5.74, 6) is 6.64. The molecule has 0 amide bonds. The predicted molar refractivity (Wildman–Crippen MR) is 71.1 cm³/mol. The van der Waals surface area contributed by atoms with Gasteiger partial charge in [0.05, 0.1) is 0 Å². The molecule has 0 aliphatic carbocycles. The fourth-order valence-corrected chi connectivity index (χ4v) is 1.86. The van der Waals surface area contributed by atoms with E-state index in [0.29, 0.717) is 0 Å². The second kappa shape index (κ2) is 5.72. The van der Waals surface area contributed by atoms with Gasteiger partial charge in [0, 0.05) is 12.0 Å². The zero-order valence-electron chi connectivity index (χ0n) is 10.6. The lowest BCUT2D eigenvalue weighted by molar-refractivity contribution is 0.373. The van der Waals surface area contributed by atoms with Crippen molar-refractivity contribution >= 4 is 0 Å². The second-order valence-electron chi connectivity index (χ2n) is 4.77. The van der Waals surface area contributed by atoms with E-state index in [1.165, 1.54) is 6.42 Å². The van der Waals surface area contributed by atoms with Crippen molar-refractivity contribution < 1.29 is 0 Å². The molecule has 1 saturated heterocycles. The number of nitrogens with zero attached hydrogens (tertiary/aromatic N) is 1. The molecule has 0 N–H and O–H groups in total. The molecule has 16 heavy (non-hydrogen) atoms. The minimum atomic E-state index is 0.173. The minimum Gasteiger partial charge on any atom is -0.305 e. The standard InChI is InChI=1S/C15H21N/c1-5-6-7-8-14(2)9-10-15(3)11-12-16(4)13-15/h5-8H,1,11-13H2,2-4H3/b7-6-,14-8+. The highest BCUT2D eigenvalue weighted by Crippen LogP contribution is 2.27. The smallest absolute Gasteiger partial charge is 0.0429 e. The molecule has 0 saturated carbocycles. The van der Waals surface area contributed by atoms with E-state index >= 15 is 0 Å². The van der Waals surface area contributed by atoms with Crippen LogP contribution in [0.25, 0.3) is 0 Å². The third-order valence-corrected chi connectivity index (χ3v) is 2.82. The molecule has 0 bridgehead atoms. The van der Waals surface area contributed by atoms with E-state index < -0.39 is 0 Å². The lowest BCUT2D eigenvalue weighted by atomic mass is 9.90. The Morgan fingerprint density at radius 3 is 2.75 bits per heavy atom. The number of hydrogen-bond donors (Lipinski definition) is 0. The summed E-state index contributed by atoms with van der Waals surface area (Å²) in [4.78, 5) is 2.34. The molecule has 1 aliphatic heterocycles. The first kappa shape index (κ1) is 12.8. The van der Waals surface area contributed by atoms with Crippen molar-refractivity contribution in [2.45, 2.75) is 20.3 Å². The van der Waals surface area contributed by atoms with Gasteiger partial charge in [0.2, 0.25) is 0 Å². The fraction of sp³-hybridized carbons (Fsp3) is 0.467. The number of allylic oxidation sites excluding steroid dienone is 5. The maximum atomic E-state index is 3.63. The molecule has 1 atom stereocenters. The maximum absolute atomic E-state index is 3.63. The van der Waals surface area contributed by atoms with Crippen LogP contribution in [0.15, 0.2) is 36.5 Å². The van der Waals surface area contributed by atoms with Gasteiger partial charge in [-0.05, 0) is 39.4 Å². The lowest BCUT2D eigenvalue weighted by Gasteiger charge is -2.15. The maximum Gasteiger partial charge on any atom is 0.0429 e. The van der Waals surface area contributed by atoms with Gasteiger partial charge in [-0.15, -0.1) is 0 Å². The van der Waals surface area contributed by atoms with Gasteiger partial charge >= 0.3 is 0 Å². The summed E-state index contributed by atoms with van der Waals surface area (Å²) < 4.78 is 0. The Balaban J connectivity index is 2.63. The van der Waals surface area contributed by atoms with Crippen molar-refractivity contribution in [3.8, 4) is 11.8 Å². The first-order valence-corrected chi connectivity index (χ1v) is 5.73. The highest BCUT2D eigenvalue weighted by molar-refractivity contribution is 5.33. The van der Waals surface area contributed by atoms with Gasteiger partial charge in [0.15, 0.2) is 0 Å². The first-order chi connectivity index (χ1) is 7.56. The van der Waals surface area contributed by atoms with Crippen molar-refractivity contribution in [1.29, 1.82) is 0 Å². The van der Waals surface area contributed by atoms with Crippen LogP contribution < -0.4 is 0 Å². The summed E-state index contributed by atoms with van der Waals surface area (Å²) in [7, 11) is 2.16. The third kappa shape index (κ3) is 4.08. The highest BCUT2D eigenvalue weighted by Gasteiger charge is 2.29. The van der Waals surface area contributed by atoms with Crippen molar-refractivity contribution in [2.24, 2.45) is 5.41 Å². The normalized spacial score (nSPS) is 26.8. The zero-order chi connectivity index (χ0) is 12.0. The van der Waals surface area contributed by atoms with Gasteiger partial charge in [-0.3, -0.25) is 0 Å². The Kier molecular flexibility index (Phi) is 4.58. The van der Waals surface area contributed by atoms with E-state index in [9.17, 15) is 0 Å². The van der Waals surface area contributed by atoms with Crippen LogP contribution in [0.5, 0.6) is 0 Å². The molecule has 1 fully saturated rings. The third-order valence-electron chi connectivity index (χ3n) is 2.82. The summed E-state index contributed by atoms with van der Waals surface area (Å²) >= 11 is 0. The molecular formula is C15H21N. The molecule has 0 aromatic carbocycles. The van der Waals surface area contributed by atoms with E-state index in [2.05, 4.69) is 37.3 Å². The Morgan fingerprint density at radius 1 is 1.44 bits per heavy atom. The van der Waals surface area contributed by atoms with Gasteiger partial charge in [-0.2, -0.15) is 0 Å². The van der Waals surface area contributed by atoms with Gasteiger partial charge in [0.25, 0.3) is 0 Å². The molecule has 1 nitrogen and oxygen atoms in total. The monoisotopic (exact) mass is 215 g/mol.